The number of hydrogen-bond donors (Lipinski definition) is 2. The highest BCUT2D eigenvalue weighted by molar-refractivity contribution is 9.10. The third kappa shape index (κ3) is 4.20. The molecule has 0 radical (unpaired) electrons. The molecule has 98 valence electrons. The molecule has 0 aliphatic rings. The van der Waals surface area contributed by atoms with Crippen LogP contribution in [0, 0.1) is 6.92 Å². The summed E-state index contributed by atoms with van der Waals surface area (Å²) >= 11 is 14.7. The van der Waals surface area contributed by atoms with Crippen molar-refractivity contribution in [1.82, 2.24) is 0 Å². The van der Waals surface area contributed by atoms with Gasteiger partial charge in [-0.3, -0.25) is 0 Å². The maximum absolute atomic E-state index is 6.12. The Morgan fingerprint density at radius 3 is 2.42 bits per heavy atom. The number of halogens is 2. The molecule has 2 N–H and O–H groups in total. The molecule has 0 heterocycles. The first-order chi connectivity index (χ1) is 9.04. The first-order valence-corrected chi connectivity index (χ1v) is 7.22. The van der Waals surface area contributed by atoms with E-state index in [-0.39, 0.29) is 0 Å². The molecule has 0 aliphatic carbocycles. The summed E-state index contributed by atoms with van der Waals surface area (Å²) in [5.74, 6) is 0. The fourth-order valence-corrected chi connectivity index (χ4v) is 2.46. The fourth-order valence-electron chi connectivity index (χ4n) is 1.51. The van der Waals surface area contributed by atoms with E-state index in [1.807, 2.05) is 49.4 Å². The van der Waals surface area contributed by atoms with Gasteiger partial charge in [0.05, 0.1) is 10.7 Å². The average Bonchev–Trinajstić information content (AvgIpc) is 2.36. The first kappa shape index (κ1) is 14.3. The zero-order chi connectivity index (χ0) is 13.8. The molecule has 0 aliphatic heterocycles. The lowest BCUT2D eigenvalue weighted by Gasteiger charge is -2.12. The van der Waals surface area contributed by atoms with Gasteiger partial charge >= 0.3 is 0 Å². The number of aryl methyl sites for hydroxylation is 1. The van der Waals surface area contributed by atoms with E-state index in [0.717, 1.165) is 15.8 Å². The third-order valence-electron chi connectivity index (χ3n) is 2.49. The number of rotatable bonds is 2. The number of thiocarbonyl (C=S) groups is 1. The summed E-state index contributed by atoms with van der Waals surface area (Å²) in [5.41, 5.74) is 2.92. The number of hydrogen-bond acceptors (Lipinski definition) is 1. The molecule has 0 amide bonds. The number of benzene rings is 2. The van der Waals surface area contributed by atoms with Crippen LogP contribution >= 0.6 is 39.7 Å². The second-order valence-corrected chi connectivity index (χ2v) is 5.80. The van der Waals surface area contributed by atoms with E-state index in [9.17, 15) is 0 Å². The van der Waals surface area contributed by atoms with Crippen molar-refractivity contribution in [1.29, 1.82) is 0 Å². The first-order valence-electron chi connectivity index (χ1n) is 5.64. The van der Waals surface area contributed by atoms with Crippen LogP contribution in [0.2, 0.25) is 5.02 Å². The van der Waals surface area contributed by atoms with Crippen LogP contribution in [0.3, 0.4) is 0 Å². The predicted octanol–water partition coefficient (Wildman–Crippen LogP) is 5.22. The van der Waals surface area contributed by atoms with Gasteiger partial charge in [-0.25, -0.2) is 0 Å². The van der Waals surface area contributed by atoms with Crippen LogP contribution in [0.1, 0.15) is 5.56 Å². The van der Waals surface area contributed by atoms with Crippen molar-refractivity contribution in [2.24, 2.45) is 0 Å². The molecule has 0 aromatic heterocycles. The largest absolute Gasteiger partial charge is 0.332 e. The van der Waals surface area contributed by atoms with Gasteiger partial charge in [0.1, 0.15) is 0 Å². The summed E-state index contributed by atoms with van der Waals surface area (Å²) in [7, 11) is 0. The van der Waals surface area contributed by atoms with Crippen LogP contribution in [-0.2, 0) is 0 Å². The van der Waals surface area contributed by atoms with E-state index in [2.05, 4.69) is 26.6 Å². The van der Waals surface area contributed by atoms with Crippen LogP contribution < -0.4 is 10.6 Å². The molecule has 5 heteroatoms. The highest BCUT2D eigenvalue weighted by Gasteiger charge is 2.03. The molecular weight excluding hydrogens is 344 g/mol. The van der Waals surface area contributed by atoms with E-state index < -0.39 is 0 Å². The SMILES string of the molecule is Cc1ccc(NC(=S)Nc2ccc(Br)cc2Cl)cc1. The highest BCUT2D eigenvalue weighted by atomic mass is 79.9. The van der Waals surface area contributed by atoms with Crippen molar-refractivity contribution in [2.45, 2.75) is 6.92 Å². The van der Waals surface area contributed by atoms with Gasteiger partial charge in [0.15, 0.2) is 5.11 Å². The van der Waals surface area contributed by atoms with Gasteiger partial charge < -0.3 is 10.6 Å². The Morgan fingerprint density at radius 2 is 1.79 bits per heavy atom. The Labute approximate surface area is 131 Å². The summed E-state index contributed by atoms with van der Waals surface area (Å²) < 4.78 is 0.931. The smallest absolute Gasteiger partial charge is 0.175 e. The zero-order valence-electron chi connectivity index (χ0n) is 10.2. The molecule has 0 unspecified atom stereocenters. The van der Waals surface area contributed by atoms with E-state index in [1.165, 1.54) is 5.56 Å². The average molecular weight is 356 g/mol. The number of anilines is 2. The second kappa shape index (κ2) is 6.37. The molecule has 2 aromatic carbocycles. The van der Waals surface area contributed by atoms with Crippen LogP contribution in [0.4, 0.5) is 11.4 Å². The minimum Gasteiger partial charge on any atom is -0.332 e. The van der Waals surface area contributed by atoms with Gasteiger partial charge in [0.2, 0.25) is 0 Å². The van der Waals surface area contributed by atoms with E-state index in [1.54, 1.807) is 0 Å². The van der Waals surface area contributed by atoms with E-state index in [4.69, 9.17) is 23.8 Å². The van der Waals surface area contributed by atoms with Crippen molar-refractivity contribution >= 4 is 56.2 Å². The monoisotopic (exact) mass is 354 g/mol. The highest BCUT2D eigenvalue weighted by Crippen LogP contribution is 2.25. The molecule has 2 nitrogen and oxygen atoms in total. The molecule has 0 saturated heterocycles. The molecule has 19 heavy (non-hydrogen) atoms. The summed E-state index contributed by atoms with van der Waals surface area (Å²) in [5, 5.41) is 7.30. The quantitative estimate of drug-likeness (QED) is 0.722. The molecule has 0 fully saturated rings. The number of nitrogens with one attached hydrogen (secondary N) is 2. The van der Waals surface area contributed by atoms with Crippen LogP contribution in [0.5, 0.6) is 0 Å². The third-order valence-corrected chi connectivity index (χ3v) is 3.50. The lowest BCUT2D eigenvalue weighted by molar-refractivity contribution is 1.47. The molecule has 2 aromatic rings. The predicted molar refractivity (Wildman–Crippen MR) is 90.2 cm³/mol. The van der Waals surface area contributed by atoms with E-state index >= 15 is 0 Å². The van der Waals surface area contributed by atoms with Crippen molar-refractivity contribution < 1.29 is 0 Å². The van der Waals surface area contributed by atoms with Gasteiger partial charge in [-0.05, 0) is 49.5 Å². The molecule has 2 rings (SSSR count). The minimum atomic E-state index is 0.507. The summed E-state index contributed by atoms with van der Waals surface area (Å²) in [4.78, 5) is 0. The molecule has 0 atom stereocenters. The standard InChI is InChI=1S/C14H12BrClN2S/c1-9-2-5-11(6-3-9)17-14(19)18-13-7-4-10(15)8-12(13)16/h2-8H,1H3,(H2,17,18,19). The zero-order valence-corrected chi connectivity index (χ0v) is 13.4. The second-order valence-electron chi connectivity index (χ2n) is 4.07. The molecule has 0 saturated carbocycles. The fraction of sp³-hybridized carbons (Fsp3) is 0.0714. The lowest BCUT2D eigenvalue weighted by atomic mass is 10.2. The van der Waals surface area contributed by atoms with Crippen LogP contribution in [0.15, 0.2) is 46.9 Å². The normalized spacial score (nSPS) is 10.1. The van der Waals surface area contributed by atoms with Gasteiger partial charge in [-0.15, -0.1) is 0 Å². The van der Waals surface area contributed by atoms with Crippen molar-refractivity contribution in [3.8, 4) is 0 Å². The Hall–Kier alpha value is -1.10. The maximum atomic E-state index is 6.12. The summed E-state index contributed by atoms with van der Waals surface area (Å²) in [6.07, 6.45) is 0. The Balaban J connectivity index is 2.03. The van der Waals surface area contributed by atoms with Gasteiger partial charge in [-0.1, -0.05) is 45.2 Å². The van der Waals surface area contributed by atoms with Crippen LogP contribution in [-0.4, -0.2) is 5.11 Å². The molecule has 0 spiro atoms. The van der Waals surface area contributed by atoms with Gasteiger partial charge in [0.25, 0.3) is 0 Å². The Kier molecular flexibility index (Phi) is 4.80. The van der Waals surface area contributed by atoms with Crippen LogP contribution in [0.25, 0.3) is 0 Å². The topological polar surface area (TPSA) is 24.1 Å². The Morgan fingerprint density at radius 1 is 1.11 bits per heavy atom. The summed E-state index contributed by atoms with van der Waals surface area (Å²) in [6.45, 7) is 2.04. The van der Waals surface area contributed by atoms with Gasteiger partial charge in [0, 0.05) is 10.2 Å². The van der Waals surface area contributed by atoms with Crippen molar-refractivity contribution in [2.75, 3.05) is 10.6 Å². The molecular formula is C14H12BrClN2S. The maximum Gasteiger partial charge on any atom is 0.175 e. The van der Waals surface area contributed by atoms with E-state index in [0.29, 0.717) is 10.1 Å². The lowest BCUT2D eigenvalue weighted by Crippen LogP contribution is -2.19. The summed E-state index contributed by atoms with van der Waals surface area (Å²) in [6, 6.07) is 13.6. The van der Waals surface area contributed by atoms with Gasteiger partial charge in [-0.2, -0.15) is 0 Å². The Bertz CT molecular complexity index is 599. The molecule has 0 bridgehead atoms. The van der Waals surface area contributed by atoms with Crippen molar-refractivity contribution in [3.05, 3.63) is 57.5 Å². The van der Waals surface area contributed by atoms with Crippen molar-refractivity contribution in [3.63, 3.8) is 0 Å². The minimum absolute atomic E-state index is 0.507.